The fourth-order valence-electron chi connectivity index (χ4n) is 1.93. The molecule has 1 aliphatic rings. The minimum absolute atomic E-state index is 0.0175. The van der Waals surface area contributed by atoms with Crippen LogP contribution in [0.5, 0.6) is 0 Å². The van der Waals surface area contributed by atoms with Gasteiger partial charge in [0.2, 0.25) is 0 Å². The Kier molecular flexibility index (Phi) is 4.03. The summed E-state index contributed by atoms with van der Waals surface area (Å²) < 4.78 is 0.989. The molecular weight excluding hydrogens is 334 g/mol. The summed E-state index contributed by atoms with van der Waals surface area (Å²) in [7, 11) is 0. The Balaban J connectivity index is 2.00. The summed E-state index contributed by atoms with van der Waals surface area (Å²) >= 11 is 6.95. The Bertz CT molecular complexity index is 377. The fourth-order valence-corrected chi connectivity index (χ4v) is 2.91. The van der Waals surface area contributed by atoms with Gasteiger partial charge in [0.25, 0.3) is 5.91 Å². The molecule has 1 amide bonds. The molecule has 2 atom stereocenters. The molecular formula is C12H13Br2NO. The molecule has 0 aliphatic heterocycles. The van der Waals surface area contributed by atoms with Crippen molar-refractivity contribution in [3.8, 4) is 0 Å². The van der Waals surface area contributed by atoms with Gasteiger partial charge in [0.1, 0.15) is 0 Å². The molecule has 2 rings (SSSR count). The molecule has 0 bridgehead atoms. The normalized spacial score (nSPS) is 24.4. The number of amides is 1. The van der Waals surface area contributed by atoms with E-state index in [-0.39, 0.29) is 11.9 Å². The summed E-state index contributed by atoms with van der Waals surface area (Å²) in [4.78, 5) is 12.3. The van der Waals surface area contributed by atoms with Crippen molar-refractivity contribution in [3.05, 3.63) is 34.3 Å². The second-order valence-corrected chi connectivity index (χ2v) is 6.13. The Labute approximate surface area is 112 Å². The predicted molar refractivity (Wildman–Crippen MR) is 72.0 cm³/mol. The van der Waals surface area contributed by atoms with Crippen LogP contribution in [0, 0.1) is 0 Å². The lowest BCUT2D eigenvalue weighted by Crippen LogP contribution is -2.37. The summed E-state index contributed by atoms with van der Waals surface area (Å²) in [5, 5.41) is 3.06. The molecule has 16 heavy (non-hydrogen) atoms. The molecule has 0 spiro atoms. The van der Waals surface area contributed by atoms with E-state index in [1.54, 1.807) is 0 Å². The van der Waals surface area contributed by atoms with Crippen molar-refractivity contribution in [2.45, 2.75) is 30.1 Å². The van der Waals surface area contributed by atoms with Gasteiger partial charge in [-0.3, -0.25) is 4.79 Å². The standard InChI is InChI=1S/C12H13Br2NO/c13-9-6-4-8(5-7-9)12(16)15-11-3-1-2-10(11)14/h4-7,10-11H,1-3H2,(H,15,16)/t10-,11-/m1/s1. The highest BCUT2D eigenvalue weighted by atomic mass is 79.9. The first-order chi connectivity index (χ1) is 7.66. The molecule has 0 radical (unpaired) electrons. The van der Waals surface area contributed by atoms with Crippen molar-refractivity contribution in [1.82, 2.24) is 5.32 Å². The van der Waals surface area contributed by atoms with Gasteiger partial charge in [-0.1, -0.05) is 38.3 Å². The number of benzene rings is 1. The fraction of sp³-hybridized carbons (Fsp3) is 0.417. The second-order valence-electron chi connectivity index (χ2n) is 4.03. The number of hydrogen-bond acceptors (Lipinski definition) is 1. The van der Waals surface area contributed by atoms with Crippen LogP contribution in [0.1, 0.15) is 29.6 Å². The van der Waals surface area contributed by atoms with Gasteiger partial charge in [0.15, 0.2) is 0 Å². The van der Waals surface area contributed by atoms with Gasteiger partial charge in [0, 0.05) is 20.9 Å². The van der Waals surface area contributed by atoms with Crippen LogP contribution in [0.25, 0.3) is 0 Å². The first-order valence-electron chi connectivity index (χ1n) is 5.37. The van der Waals surface area contributed by atoms with Gasteiger partial charge in [-0.25, -0.2) is 0 Å². The van der Waals surface area contributed by atoms with Crippen molar-refractivity contribution < 1.29 is 4.79 Å². The van der Waals surface area contributed by atoms with Crippen LogP contribution in [-0.2, 0) is 0 Å². The Hall–Kier alpha value is -0.350. The quantitative estimate of drug-likeness (QED) is 0.816. The lowest BCUT2D eigenvalue weighted by molar-refractivity contribution is 0.0939. The summed E-state index contributed by atoms with van der Waals surface area (Å²) in [6.07, 6.45) is 3.39. The number of nitrogens with one attached hydrogen (secondary N) is 1. The maximum Gasteiger partial charge on any atom is 0.251 e. The summed E-state index contributed by atoms with van der Waals surface area (Å²) in [6.45, 7) is 0. The molecule has 1 N–H and O–H groups in total. The summed E-state index contributed by atoms with van der Waals surface area (Å²) in [5.74, 6) is 0.0175. The van der Waals surface area contributed by atoms with E-state index in [2.05, 4.69) is 37.2 Å². The number of rotatable bonds is 2. The van der Waals surface area contributed by atoms with E-state index in [0.29, 0.717) is 4.83 Å². The SMILES string of the molecule is O=C(N[C@@H]1CCC[C@H]1Br)c1ccc(Br)cc1. The van der Waals surface area contributed by atoms with E-state index in [9.17, 15) is 4.79 Å². The van der Waals surface area contributed by atoms with Crippen molar-refractivity contribution in [1.29, 1.82) is 0 Å². The molecule has 2 nitrogen and oxygen atoms in total. The number of carbonyl (C=O) groups excluding carboxylic acids is 1. The van der Waals surface area contributed by atoms with Crippen LogP contribution in [0.4, 0.5) is 0 Å². The molecule has 0 saturated heterocycles. The molecule has 1 fully saturated rings. The Morgan fingerprint density at radius 3 is 2.50 bits per heavy atom. The third kappa shape index (κ3) is 2.86. The van der Waals surface area contributed by atoms with E-state index < -0.39 is 0 Å². The smallest absolute Gasteiger partial charge is 0.251 e. The lowest BCUT2D eigenvalue weighted by Gasteiger charge is -2.16. The highest BCUT2D eigenvalue weighted by Gasteiger charge is 2.26. The molecule has 1 aromatic rings. The van der Waals surface area contributed by atoms with Crippen LogP contribution in [-0.4, -0.2) is 16.8 Å². The maximum absolute atomic E-state index is 11.9. The number of halogens is 2. The number of hydrogen-bond donors (Lipinski definition) is 1. The zero-order valence-electron chi connectivity index (χ0n) is 8.75. The minimum atomic E-state index is 0.0175. The Morgan fingerprint density at radius 2 is 1.94 bits per heavy atom. The van der Waals surface area contributed by atoms with Crippen molar-refractivity contribution in [2.24, 2.45) is 0 Å². The van der Waals surface area contributed by atoms with E-state index in [1.807, 2.05) is 24.3 Å². The molecule has 1 aliphatic carbocycles. The van der Waals surface area contributed by atoms with Gasteiger partial charge in [-0.05, 0) is 37.1 Å². The zero-order chi connectivity index (χ0) is 11.5. The molecule has 0 heterocycles. The van der Waals surface area contributed by atoms with Crippen LogP contribution < -0.4 is 5.32 Å². The lowest BCUT2D eigenvalue weighted by atomic mass is 10.2. The van der Waals surface area contributed by atoms with E-state index in [4.69, 9.17) is 0 Å². The van der Waals surface area contributed by atoms with Crippen LogP contribution in [0.2, 0.25) is 0 Å². The number of carbonyl (C=O) groups is 1. The second kappa shape index (κ2) is 5.32. The van der Waals surface area contributed by atoms with Crippen LogP contribution in [0.3, 0.4) is 0 Å². The van der Waals surface area contributed by atoms with Crippen molar-refractivity contribution >= 4 is 37.8 Å². The van der Waals surface area contributed by atoms with Gasteiger partial charge in [0.05, 0.1) is 0 Å². The zero-order valence-corrected chi connectivity index (χ0v) is 11.9. The predicted octanol–water partition coefficient (Wildman–Crippen LogP) is 3.49. The maximum atomic E-state index is 11.9. The Morgan fingerprint density at radius 1 is 1.25 bits per heavy atom. The molecule has 1 aromatic carbocycles. The average Bonchev–Trinajstić information content (AvgIpc) is 2.65. The number of alkyl halides is 1. The third-order valence-corrected chi connectivity index (χ3v) is 4.48. The first-order valence-corrected chi connectivity index (χ1v) is 7.08. The molecule has 0 unspecified atom stereocenters. The van der Waals surface area contributed by atoms with Gasteiger partial charge in [-0.15, -0.1) is 0 Å². The first kappa shape index (κ1) is 12.1. The average molecular weight is 347 g/mol. The van der Waals surface area contributed by atoms with E-state index in [0.717, 1.165) is 22.9 Å². The highest BCUT2D eigenvalue weighted by molar-refractivity contribution is 9.10. The third-order valence-electron chi connectivity index (χ3n) is 2.85. The van der Waals surface area contributed by atoms with Crippen LogP contribution in [0.15, 0.2) is 28.7 Å². The van der Waals surface area contributed by atoms with Gasteiger partial charge in [-0.2, -0.15) is 0 Å². The largest absolute Gasteiger partial charge is 0.348 e. The van der Waals surface area contributed by atoms with E-state index in [1.165, 1.54) is 6.42 Å². The highest BCUT2D eigenvalue weighted by Crippen LogP contribution is 2.25. The van der Waals surface area contributed by atoms with Crippen molar-refractivity contribution in [2.75, 3.05) is 0 Å². The molecule has 86 valence electrons. The van der Waals surface area contributed by atoms with Gasteiger partial charge < -0.3 is 5.32 Å². The topological polar surface area (TPSA) is 29.1 Å². The minimum Gasteiger partial charge on any atom is -0.348 e. The molecule has 4 heteroatoms. The van der Waals surface area contributed by atoms with Crippen molar-refractivity contribution in [3.63, 3.8) is 0 Å². The summed E-state index contributed by atoms with van der Waals surface area (Å²) in [6, 6.07) is 7.70. The van der Waals surface area contributed by atoms with Crippen LogP contribution >= 0.6 is 31.9 Å². The molecule has 1 saturated carbocycles. The summed E-state index contributed by atoms with van der Waals surface area (Å²) in [5.41, 5.74) is 0.717. The molecule has 0 aromatic heterocycles. The van der Waals surface area contributed by atoms with Gasteiger partial charge >= 0.3 is 0 Å². The monoisotopic (exact) mass is 345 g/mol. The van der Waals surface area contributed by atoms with E-state index >= 15 is 0 Å².